The summed E-state index contributed by atoms with van der Waals surface area (Å²) >= 11 is 0. The van der Waals surface area contributed by atoms with Crippen LogP contribution in [0, 0.1) is 5.92 Å². The van der Waals surface area contributed by atoms with Crippen LogP contribution in [0.4, 0.5) is 5.69 Å². The van der Waals surface area contributed by atoms with Crippen LogP contribution in [-0.4, -0.2) is 29.9 Å². The molecule has 1 amide bonds. The van der Waals surface area contributed by atoms with Crippen molar-refractivity contribution in [3.63, 3.8) is 0 Å². The van der Waals surface area contributed by atoms with E-state index in [0.29, 0.717) is 6.54 Å². The minimum Gasteiger partial charge on any atom is -0.326 e. The maximum absolute atomic E-state index is 12.5. The van der Waals surface area contributed by atoms with Crippen molar-refractivity contribution < 1.29 is 4.79 Å². The van der Waals surface area contributed by atoms with Crippen LogP contribution >= 0.6 is 0 Å². The lowest BCUT2D eigenvalue weighted by molar-refractivity contribution is -0.121. The molecule has 1 fully saturated rings. The van der Waals surface area contributed by atoms with Gasteiger partial charge >= 0.3 is 0 Å². The van der Waals surface area contributed by atoms with Gasteiger partial charge in [0.2, 0.25) is 5.91 Å². The first kappa shape index (κ1) is 16.0. The van der Waals surface area contributed by atoms with Crippen molar-refractivity contribution in [3.05, 3.63) is 29.8 Å². The van der Waals surface area contributed by atoms with Crippen molar-refractivity contribution in [2.45, 2.75) is 45.7 Å². The maximum Gasteiger partial charge on any atom is 0.241 e. The molecule has 0 saturated carbocycles. The number of likely N-dealkylation sites (tertiary alicyclic amines) is 1. The number of hydrogen-bond donors (Lipinski definition) is 2. The fourth-order valence-corrected chi connectivity index (χ4v) is 3.01. The van der Waals surface area contributed by atoms with Gasteiger partial charge < -0.3 is 11.1 Å². The number of benzene rings is 1. The number of anilines is 1. The molecular weight excluding hydrogens is 262 g/mol. The van der Waals surface area contributed by atoms with E-state index in [-0.39, 0.29) is 11.9 Å². The number of carbonyl (C=O) groups excluding carboxylic acids is 1. The highest BCUT2D eigenvalue weighted by Gasteiger charge is 2.26. The fraction of sp³-hybridized carbons (Fsp3) is 0.588. The van der Waals surface area contributed by atoms with Crippen LogP contribution in [0.5, 0.6) is 0 Å². The third kappa shape index (κ3) is 4.05. The van der Waals surface area contributed by atoms with Gasteiger partial charge in [-0.1, -0.05) is 31.5 Å². The van der Waals surface area contributed by atoms with E-state index in [2.05, 4.69) is 17.1 Å². The summed E-state index contributed by atoms with van der Waals surface area (Å²) in [6.45, 7) is 6.72. The molecule has 0 spiro atoms. The van der Waals surface area contributed by atoms with Gasteiger partial charge in [0.05, 0.1) is 6.04 Å². The molecule has 0 bridgehead atoms. The SMILES string of the molecule is CCC1CCCN(C(C)C(=O)Nc2ccccc2CN)C1. The Morgan fingerprint density at radius 2 is 2.24 bits per heavy atom. The number of piperidine rings is 1. The number of rotatable bonds is 5. The molecule has 1 aromatic carbocycles. The largest absolute Gasteiger partial charge is 0.326 e. The molecule has 0 aliphatic carbocycles. The van der Waals surface area contributed by atoms with Crippen LogP contribution in [0.2, 0.25) is 0 Å². The van der Waals surface area contributed by atoms with Crippen LogP contribution in [0.3, 0.4) is 0 Å². The van der Waals surface area contributed by atoms with E-state index in [1.54, 1.807) is 0 Å². The predicted molar refractivity (Wildman–Crippen MR) is 87.0 cm³/mol. The molecule has 1 heterocycles. The van der Waals surface area contributed by atoms with Crippen LogP contribution in [0.1, 0.15) is 38.7 Å². The van der Waals surface area contributed by atoms with Gasteiger partial charge in [0.25, 0.3) is 0 Å². The minimum atomic E-state index is -0.0924. The number of hydrogen-bond acceptors (Lipinski definition) is 3. The lowest BCUT2D eigenvalue weighted by Crippen LogP contribution is -2.47. The van der Waals surface area contributed by atoms with Crippen LogP contribution in [-0.2, 0) is 11.3 Å². The van der Waals surface area contributed by atoms with Gasteiger partial charge in [-0.05, 0) is 43.9 Å². The number of para-hydroxylation sites is 1. The minimum absolute atomic E-state index is 0.0626. The average molecular weight is 289 g/mol. The molecule has 1 saturated heterocycles. The average Bonchev–Trinajstić information content (AvgIpc) is 2.54. The van der Waals surface area contributed by atoms with Crippen molar-refractivity contribution in [1.29, 1.82) is 0 Å². The highest BCUT2D eigenvalue weighted by Crippen LogP contribution is 2.22. The normalized spacial score (nSPS) is 21.0. The van der Waals surface area contributed by atoms with Crippen LogP contribution < -0.4 is 11.1 Å². The second kappa shape index (κ2) is 7.57. The van der Waals surface area contributed by atoms with Crippen molar-refractivity contribution in [1.82, 2.24) is 4.90 Å². The zero-order chi connectivity index (χ0) is 15.2. The Labute approximate surface area is 127 Å². The number of nitrogens with one attached hydrogen (secondary N) is 1. The second-order valence-corrected chi connectivity index (χ2v) is 5.94. The number of nitrogens with zero attached hydrogens (tertiary/aromatic N) is 1. The van der Waals surface area contributed by atoms with Gasteiger partial charge in [0, 0.05) is 18.8 Å². The topological polar surface area (TPSA) is 58.4 Å². The third-order valence-corrected chi connectivity index (χ3v) is 4.55. The molecule has 2 rings (SSSR count). The quantitative estimate of drug-likeness (QED) is 0.876. The Bertz CT molecular complexity index is 475. The molecule has 1 aliphatic rings. The third-order valence-electron chi connectivity index (χ3n) is 4.55. The van der Waals surface area contributed by atoms with Gasteiger partial charge in [-0.2, -0.15) is 0 Å². The molecule has 21 heavy (non-hydrogen) atoms. The van der Waals surface area contributed by atoms with Gasteiger partial charge in [-0.25, -0.2) is 0 Å². The highest BCUT2D eigenvalue weighted by molar-refractivity contribution is 5.95. The number of carbonyl (C=O) groups is 1. The molecule has 0 radical (unpaired) electrons. The summed E-state index contributed by atoms with van der Waals surface area (Å²) in [6.07, 6.45) is 3.67. The Hall–Kier alpha value is -1.39. The van der Waals surface area contributed by atoms with E-state index >= 15 is 0 Å². The molecule has 1 aromatic rings. The Balaban J connectivity index is 1.99. The lowest BCUT2D eigenvalue weighted by Gasteiger charge is -2.35. The highest BCUT2D eigenvalue weighted by atomic mass is 16.2. The number of nitrogens with two attached hydrogens (primary N) is 1. The van der Waals surface area contributed by atoms with Gasteiger partial charge in [-0.15, -0.1) is 0 Å². The summed E-state index contributed by atoms with van der Waals surface area (Å²) in [6, 6.07) is 7.64. The monoisotopic (exact) mass is 289 g/mol. The predicted octanol–water partition coefficient (Wildman–Crippen LogP) is 2.59. The Morgan fingerprint density at radius 1 is 1.48 bits per heavy atom. The summed E-state index contributed by atoms with van der Waals surface area (Å²) in [5, 5.41) is 3.03. The van der Waals surface area contributed by atoms with Gasteiger partial charge in [0.15, 0.2) is 0 Å². The maximum atomic E-state index is 12.5. The molecular formula is C17H27N3O. The van der Waals surface area contributed by atoms with E-state index in [0.717, 1.165) is 30.3 Å². The Kier molecular flexibility index (Phi) is 5.76. The van der Waals surface area contributed by atoms with Crippen molar-refractivity contribution in [2.24, 2.45) is 11.7 Å². The van der Waals surface area contributed by atoms with Crippen LogP contribution in [0.15, 0.2) is 24.3 Å². The molecule has 3 N–H and O–H groups in total. The van der Waals surface area contributed by atoms with Gasteiger partial charge in [-0.3, -0.25) is 9.69 Å². The molecule has 2 atom stereocenters. The summed E-state index contributed by atoms with van der Waals surface area (Å²) < 4.78 is 0. The van der Waals surface area contributed by atoms with Crippen molar-refractivity contribution >= 4 is 11.6 Å². The van der Waals surface area contributed by atoms with E-state index < -0.39 is 0 Å². The standard InChI is InChI=1S/C17H27N3O/c1-3-14-7-6-10-20(12-14)13(2)17(21)19-16-9-5-4-8-15(16)11-18/h4-5,8-9,13-14H,3,6-7,10-12,18H2,1-2H3,(H,19,21). The lowest BCUT2D eigenvalue weighted by atomic mass is 9.94. The molecule has 2 unspecified atom stereocenters. The zero-order valence-electron chi connectivity index (χ0n) is 13.1. The van der Waals surface area contributed by atoms with E-state index in [9.17, 15) is 4.79 Å². The molecule has 4 heteroatoms. The first-order valence-electron chi connectivity index (χ1n) is 7.98. The van der Waals surface area contributed by atoms with Gasteiger partial charge in [0.1, 0.15) is 0 Å². The van der Waals surface area contributed by atoms with E-state index in [1.807, 2.05) is 31.2 Å². The second-order valence-electron chi connectivity index (χ2n) is 5.94. The van der Waals surface area contributed by atoms with Crippen LogP contribution in [0.25, 0.3) is 0 Å². The smallest absolute Gasteiger partial charge is 0.241 e. The molecule has 4 nitrogen and oxygen atoms in total. The number of amides is 1. The summed E-state index contributed by atoms with van der Waals surface area (Å²) in [5.74, 6) is 0.790. The summed E-state index contributed by atoms with van der Waals surface area (Å²) in [5.41, 5.74) is 7.53. The summed E-state index contributed by atoms with van der Waals surface area (Å²) in [7, 11) is 0. The molecule has 0 aromatic heterocycles. The van der Waals surface area contributed by atoms with E-state index in [1.165, 1.54) is 19.3 Å². The molecule has 116 valence electrons. The van der Waals surface area contributed by atoms with Crippen molar-refractivity contribution in [2.75, 3.05) is 18.4 Å². The molecule has 1 aliphatic heterocycles. The fourth-order valence-electron chi connectivity index (χ4n) is 3.01. The summed E-state index contributed by atoms with van der Waals surface area (Å²) in [4.78, 5) is 14.8. The first-order valence-corrected chi connectivity index (χ1v) is 7.98. The van der Waals surface area contributed by atoms with Crippen molar-refractivity contribution in [3.8, 4) is 0 Å². The van der Waals surface area contributed by atoms with E-state index in [4.69, 9.17) is 5.73 Å². The first-order chi connectivity index (χ1) is 10.2. The zero-order valence-corrected chi connectivity index (χ0v) is 13.1. The Morgan fingerprint density at radius 3 is 2.95 bits per heavy atom.